The summed E-state index contributed by atoms with van der Waals surface area (Å²) in [5.74, 6) is -0.310. The minimum absolute atomic E-state index is 0.310. The van der Waals surface area contributed by atoms with E-state index in [4.69, 9.17) is 9.72 Å². The number of benzene rings is 2. The standard InChI is InChI=1S/C22H17NO2S3/c1-25-21(24)17-13-16(22(26-2)27-17)20-23-18(14-9-5-3-6-10-14)19(28-20)15-11-7-4-8-12-15/h3-13H,1-2H3. The fourth-order valence-corrected chi connectivity index (χ4v) is 5.92. The highest BCUT2D eigenvalue weighted by molar-refractivity contribution is 8.00. The number of thiazole rings is 1. The molecule has 28 heavy (non-hydrogen) atoms. The molecule has 0 aliphatic heterocycles. The molecule has 0 bridgehead atoms. The van der Waals surface area contributed by atoms with Crippen molar-refractivity contribution in [1.82, 2.24) is 4.98 Å². The van der Waals surface area contributed by atoms with E-state index in [0.29, 0.717) is 4.88 Å². The largest absolute Gasteiger partial charge is 0.465 e. The average Bonchev–Trinajstić information content (AvgIpc) is 3.39. The van der Waals surface area contributed by atoms with Crippen LogP contribution in [0.3, 0.4) is 0 Å². The first-order valence-electron chi connectivity index (χ1n) is 8.59. The normalized spacial score (nSPS) is 10.8. The van der Waals surface area contributed by atoms with Crippen molar-refractivity contribution >= 4 is 40.4 Å². The highest BCUT2D eigenvalue weighted by Gasteiger charge is 2.21. The van der Waals surface area contributed by atoms with Gasteiger partial charge in [-0.15, -0.1) is 34.4 Å². The van der Waals surface area contributed by atoms with Crippen LogP contribution in [0.15, 0.2) is 70.9 Å². The van der Waals surface area contributed by atoms with E-state index in [1.165, 1.54) is 18.4 Å². The van der Waals surface area contributed by atoms with Gasteiger partial charge in [0.2, 0.25) is 0 Å². The molecule has 0 spiro atoms. The van der Waals surface area contributed by atoms with Gasteiger partial charge in [0.25, 0.3) is 0 Å². The molecule has 6 heteroatoms. The number of ether oxygens (including phenoxy) is 1. The van der Waals surface area contributed by atoms with Crippen LogP contribution in [0.5, 0.6) is 0 Å². The Labute approximate surface area is 176 Å². The molecular formula is C22H17NO2S3. The molecule has 0 unspecified atom stereocenters. The number of carbonyl (C=O) groups excluding carboxylic acids is 1. The predicted molar refractivity (Wildman–Crippen MR) is 119 cm³/mol. The Morgan fingerprint density at radius 1 is 0.964 bits per heavy atom. The van der Waals surface area contributed by atoms with E-state index in [9.17, 15) is 4.79 Å². The highest BCUT2D eigenvalue weighted by atomic mass is 32.2. The first-order valence-corrected chi connectivity index (χ1v) is 11.4. The fourth-order valence-electron chi connectivity index (χ4n) is 2.89. The summed E-state index contributed by atoms with van der Waals surface area (Å²) in [6.07, 6.45) is 2.01. The molecule has 4 aromatic rings. The lowest BCUT2D eigenvalue weighted by Crippen LogP contribution is -1.96. The van der Waals surface area contributed by atoms with Gasteiger partial charge in [0, 0.05) is 11.1 Å². The van der Waals surface area contributed by atoms with Crippen LogP contribution < -0.4 is 0 Å². The number of thiophene rings is 1. The minimum atomic E-state index is -0.310. The monoisotopic (exact) mass is 423 g/mol. The van der Waals surface area contributed by atoms with Crippen LogP contribution in [0.25, 0.3) is 32.3 Å². The van der Waals surface area contributed by atoms with Gasteiger partial charge in [-0.3, -0.25) is 0 Å². The maximum atomic E-state index is 12.0. The SMILES string of the molecule is COC(=O)c1cc(-c2nc(-c3ccccc3)c(-c3ccccc3)s2)c(SC)s1. The summed E-state index contributed by atoms with van der Waals surface area (Å²) in [7, 11) is 1.41. The summed E-state index contributed by atoms with van der Waals surface area (Å²) in [5, 5.41) is 0.911. The zero-order chi connectivity index (χ0) is 19.5. The summed E-state index contributed by atoms with van der Waals surface area (Å²) >= 11 is 4.72. The van der Waals surface area contributed by atoms with E-state index in [-0.39, 0.29) is 5.97 Å². The lowest BCUT2D eigenvalue weighted by molar-refractivity contribution is 0.0606. The molecular weight excluding hydrogens is 406 g/mol. The average molecular weight is 424 g/mol. The van der Waals surface area contributed by atoms with E-state index < -0.39 is 0 Å². The van der Waals surface area contributed by atoms with Gasteiger partial charge in [-0.25, -0.2) is 9.78 Å². The van der Waals surface area contributed by atoms with E-state index in [2.05, 4.69) is 24.3 Å². The lowest BCUT2D eigenvalue weighted by Gasteiger charge is -2.02. The third-order valence-corrected chi connectivity index (χ3v) is 7.60. The summed E-state index contributed by atoms with van der Waals surface area (Å²) in [5.41, 5.74) is 4.17. The first kappa shape index (κ1) is 18.9. The molecule has 0 aliphatic carbocycles. The minimum Gasteiger partial charge on any atom is -0.465 e. The lowest BCUT2D eigenvalue weighted by atomic mass is 10.1. The molecule has 3 nitrogen and oxygen atoms in total. The van der Waals surface area contributed by atoms with Crippen LogP contribution in [-0.2, 0) is 4.74 Å². The Bertz CT molecular complexity index is 1040. The second kappa shape index (κ2) is 8.31. The number of hydrogen-bond donors (Lipinski definition) is 0. The molecule has 0 amide bonds. The Morgan fingerprint density at radius 2 is 1.61 bits per heavy atom. The van der Waals surface area contributed by atoms with E-state index in [1.807, 2.05) is 48.7 Å². The third kappa shape index (κ3) is 3.63. The maximum Gasteiger partial charge on any atom is 0.348 e. The number of rotatable bonds is 5. The number of esters is 1. The van der Waals surface area contributed by atoms with Crippen LogP contribution in [0.2, 0.25) is 0 Å². The molecule has 0 radical (unpaired) electrons. The molecule has 0 saturated heterocycles. The van der Waals surface area contributed by atoms with Gasteiger partial charge in [-0.2, -0.15) is 0 Å². The Balaban J connectivity index is 1.89. The molecule has 2 aromatic heterocycles. The smallest absolute Gasteiger partial charge is 0.348 e. The summed E-state index contributed by atoms with van der Waals surface area (Å²) < 4.78 is 5.96. The van der Waals surface area contributed by atoms with Crippen molar-refractivity contribution in [3.05, 3.63) is 71.6 Å². The Morgan fingerprint density at radius 3 is 2.21 bits per heavy atom. The van der Waals surface area contributed by atoms with E-state index in [1.54, 1.807) is 23.1 Å². The molecule has 0 N–H and O–H groups in total. The molecule has 0 saturated carbocycles. The molecule has 0 fully saturated rings. The maximum absolute atomic E-state index is 12.0. The van der Waals surface area contributed by atoms with Gasteiger partial charge < -0.3 is 4.74 Å². The van der Waals surface area contributed by atoms with Crippen molar-refractivity contribution in [2.75, 3.05) is 13.4 Å². The van der Waals surface area contributed by atoms with Crippen LogP contribution in [-0.4, -0.2) is 24.3 Å². The third-order valence-electron chi connectivity index (χ3n) is 4.21. The van der Waals surface area contributed by atoms with Crippen molar-refractivity contribution in [2.24, 2.45) is 0 Å². The zero-order valence-corrected chi connectivity index (χ0v) is 17.8. The van der Waals surface area contributed by atoms with Crippen molar-refractivity contribution in [1.29, 1.82) is 0 Å². The summed E-state index contributed by atoms with van der Waals surface area (Å²) in [6, 6.07) is 22.4. The molecule has 0 aliphatic rings. The van der Waals surface area contributed by atoms with Crippen molar-refractivity contribution in [2.45, 2.75) is 4.21 Å². The number of hydrogen-bond acceptors (Lipinski definition) is 6. The molecule has 4 rings (SSSR count). The molecule has 0 atom stereocenters. The van der Waals surface area contributed by atoms with Crippen LogP contribution >= 0.6 is 34.4 Å². The fraction of sp³-hybridized carbons (Fsp3) is 0.0909. The topological polar surface area (TPSA) is 39.2 Å². The second-order valence-corrected chi connectivity index (χ2v) is 9.06. The summed E-state index contributed by atoms with van der Waals surface area (Å²) in [4.78, 5) is 18.7. The molecule has 2 aromatic carbocycles. The number of thioether (sulfide) groups is 1. The van der Waals surface area contributed by atoms with Crippen LogP contribution in [0.1, 0.15) is 9.67 Å². The number of aromatic nitrogens is 1. The van der Waals surface area contributed by atoms with Gasteiger partial charge in [0.15, 0.2) is 0 Å². The second-order valence-electron chi connectivity index (χ2n) is 5.94. The Hall–Kier alpha value is -2.41. The van der Waals surface area contributed by atoms with Crippen LogP contribution in [0.4, 0.5) is 0 Å². The van der Waals surface area contributed by atoms with Gasteiger partial charge in [0.05, 0.1) is 21.9 Å². The van der Waals surface area contributed by atoms with Gasteiger partial charge in [0.1, 0.15) is 9.88 Å². The quantitative estimate of drug-likeness (QED) is 0.264. The van der Waals surface area contributed by atoms with Gasteiger partial charge in [-0.05, 0) is 17.9 Å². The number of nitrogens with zero attached hydrogens (tertiary/aromatic N) is 1. The molecule has 140 valence electrons. The first-order chi connectivity index (χ1) is 13.7. The Kier molecular flexibility index (Phi) is 5.62. The highest BCUT2D eigenvalue weighted by Crippen LogP contribution is 2.45. The predicted octanol–water partition coefficient (Wildman–Crippen LogP) is 6.71. The van der Waals surface area contributed by atoms with E-state index in [0.717, 1.165) is 36.5 Å². The van der Waals surface area contributed by atoms with Gasteiger partial charge >= 0.3 is 5.97 Å². The van der Waals surface area contributed by atoms with E-state index >= 15 is 0 Å². The van der Waals surface area contributed by atoms with Crippen molar-refractivity contribution < 1.29 is 9.53 Å². The molecule has 2 heterocycles. The van der Waals surface area contributed by atoms with Crippen LogP contribution in [0, 0.1) is 0 Å². The number of methoxy groups -OCH3 is 1. The van der Waals surface area contributed by atoms with Crippen molar-refractivity contribution in [3.63, 3.8) is 0 Å². The van der Waals surface area contributed by atoms with Crippen molar-refractivity contribution in [3.8, 4) is 32.3 Å². The zero-order valence-electron chi connectivity index (χ0n) is 15.3. The summed E-state index contributed by atoms with van der Waals surface area (Å²) in [6.45, 7) is 0. The van der Waals surface area contributed by atoms with Gasteiger partial charge in [-0.1, -0.05) is 60.7 Å². The number of carbonyl (C=O) groups is 1.